The molecule has 1 aromatic carbocycles. The number of fused-ring (bicyclic) bond motifs is 1. The molecule has 3 atom stereocenters. The molecule has 144 valence electrons. The molecule has 0 unspecified atom stereocenters. The van der Waals surface area contributed by atoms with Crippen LogP contribution in [0.15, 0.2) is 24.3 Å². The maximum absolute atomic E-state index is 12.3. The second-order valence-corrected chi connectivity index (χ2v) is 9.36. The first-order valence-electron chi connectivity index (χ1n) is 9.54. The van der Waals surface area contributed by atoms with Crippen LogP contribution in [0.4, 0.5) is 4.79 Å². The summed E-state index contributed by atoms with van der Waals surface area (Å²) in [6.45, 7) is 9.36. The molecule has 5 heteroatoms. The highest BCUT2D eigenvalue weighted by atomic mass is 35.5. The summed E-state index contributed by atoms with van der Waals surface area (Å²) >= 11 is 5.99. The molecule has 0 spiro atoms. The average molecular weight is 380 g/mol. The fourth-order valence-electron chi connectivity index (χ4n) is 4.01. The van der Waals surface area contributed by atoms with Crippen LogP contribution < -0.4 is 0 Å². The fourth-order valence-corrected chi connectivity index (χ4v) is 4.14. The minimum Gasteiger partial charge on any atom is -0.444 e. The van der Waals surface area contributed by atoms with E-state index in [2.05, 4.69) is 19.1 Å². The van der Waals surface area contributed by atoms with Gasteiger partial charge in [-0.3, -0.25) is 0 Å². The largest absolute Gasteiger partial charge is 0.444 e. The zero-order valence-corrected chi connectivity index (χ0v) is 17.0. The molecule has 0 aromatic heterocycles. The smallest absolute Gasteiger partial charge is 0.410 e. The Kier molecular flexibility index (Phi) is 5.55. The highest BCUT2D eigenvalue weighted by Crippen LogP contribution is 2.38. The quantitative estimate of drug-likeness (QED) is 0.719. The Morgan fingerprint density at radius 2 is 2.00 bits per heavy atom. The minimum atomic E-state index is -0.450. The summed E-state index contributed by atoms with van der Waals surface area (Å²) in [6, 6.07) is 8.03. The standard InChI is InChI=1S/C21H30ClNO3/c1-20(2,3)26-19(24)23-12-10-18-16(14-23)9-11-21(4,25-18)13-15-5-7-17(22)8-6-15/h5-8,16,18H,9-14H2,1-4H3/t16-,18+,21-/m0/s1. The van der Waals surface area contributed by atoms with E-state index in [-0.39, 0.29) is 17.8 Å². The fraction of sp³-hybridized carbons (Fsp3) is 0.667. The van der Waals surface area contributed by atoms with Crippen molar-refractivity contribution in [3.63, 3.8) is 0 Å². The molecule has 2 saturated heterocycles. The van der Waals surface area contributed by atoms with E-state index in [9.17, 15) is 4.79 Å². The summed E-state index contributed by atoms with van der Waals surface area (Å²) in [5.41, 5.74) is 0.651. The van der Waals surface area contributed by atoms with Crippen molar-refractivity contribution in [2.24, 2.45) is 5.92 Å². The number of benzene rings is 1. The van der Waals surface area contributed by atoms with Crippen molar-refractivity contribution >= 4 is 17.7 Å². The van der Waals surface area contributed by atoms with Gasteiger partial charge in [-0.25, -0.2) is 4.79 Å². The normalized spacial score (nSPS) is 29.2. The molecule has 1 amide bonds. The van der Waals surface area contributed by atoms with E-state index in [1.54, 1.807) is 0 Å². The monoisotopic (exact) mass is 379 g/mol. The average Bonchev–Trinajstić information content (AvgIpc) is 2.55. The van der Waals surface area contributed by atoms with Gasteiger partial charge in [-0.05, 0) is 64.7 Å². The van der Waals surface area contributed by atoms with Crippen molar-refractivity contribution in [1.29, 1.82) is 0 Å². The van der Waals surface area contributed by atoms with E-state index in [0.29, 0.717) is 12.5 Å². The van der Waals surface area contributed by atoms with Crippen molar-refractivity contribution < 1.29 is 14.3 Å². The van der Waals surface area contributed by atoms with Gasteiger partial charge < -0.3 is 14.4 Å². The van der Waals surface area contributed by atoms with E-state index in [4.69, 9.17) is 21.1 Å². The van der Waals surface area contributed by atoms with Crippen molar-refractivity contribution in [2.45, 2.75) is 70.7 Å². The predicted octanol–water partition coefficient (Wildman–Crippen LogP) is 5.08. The molecule has 2 aliphatic heterocycles. The Morgan fingerprint density at radius 1 is 1.31 bits per heavy atom. The van der Waals surface area contributed by atoms with E-state index >= 15 is 0 Å². The van der Waals surface area contributed by atoms with Crippen LogP contribution in [0.1, 0.15) is 52.5 Å². The maximum atomic E-state index is 12.3. The van der Waals surface area contributed by atoms with Crippen LogP contribution in [-0.2, 0) is 15.9 Å². The number of piperidine rings is 1. The van der Waals surface area contributed by atoms with Crippen LogP contribution in [0.2, 0.25) is 5.02 Å². The highest BCUT2D eigenvalue weighted by molar-refractivity contribution is 6.30. The predicted molar refractivity (Wildman–Crippen MR) is 104 cm³/mol. The van der Waals surface area contributed by atoms with E-state index in [1.807, 2.05) is 37.8 Å². The van der Waals surface area contributed by atoms with Crippen LogP contribution in [0, 0.1) is 5.92 Å². The zero-order chi connectivity index (χ0) is 18.9. The maximum Gasteiger partial charge on any atom is 0.410 e. The molecule has 2 fully saturated rings. The summed E-state index contributed by atoms with van der Waals surface area (Å²) in [4.78, 5) is 14.2. The Labute approximate surface area is 161 Å². The number of likely N-dealkylation sites (tertiary alicyclic amines) is 1. The molecule has 0 saturated carbocycles. The second kappa shape index (κ2) is 7.40. The number of carbonyl (C=O) groups is 1. The summed E-state index contributed by atoms with van der Waals surface area (Å²) < 4.78 is 12.1. The van der Waals surface area contributed by atoms with Gasteiger partial charge in [0.1, 0.15) is 5.60 Å². The molecule has 3 rings (SSSR count). The van der Waals surface area contributed by atoms with Crippen LogP contribution in [-0.4, -0.2) is 41.4 Å². The van der Waals surface area contributed by atoms with Crippen molar-refractivity contribution in [3.05, 3.63) is 34.9 Å². The van der Waals surface area contributed by atoms with Gasteiger partial charge in [0.2, 0.25) is 0 Å². The van der Waals surface area contributed by atoms with E-state index in [1.165, 1.54) is 5.56 Å². The van der Waals surface area contributed by atoms with Gasteiger partial charge in [0.05, 0.1) is 11.7 Å². The molecule has 0 N–H and O–H groups in total. The molecular weight excluding hydrogens is 350 g/mol. The second-order valence-electron chi connectivity index (χ2n) is 8.92. The lowest BCUT2D eigenvalue weighted by Gasteiger charge is -2.47. The van der Waals surface area contributed by atoms with Gasteiger partial charge in [-0.2, -0.15) is 0 Å². The molecule has 26 heavy (non-hydrogen) atoms. The minimum absolute atomic E-state index is 0.150. The van der Waals surface area contributed by atoms with Gasteiger partial charge in [0.25, 0.3) is 0 Å². The van der Waals surface area contributed by atoms with Gasteiger partial charge in [0.15, 0.2) is 0 Å². The van der Waals surface area contributed by atoms with Crippen LogP contribution >= 0.6 is 11.6 Å². The Hall–Kier alpha value is -1.26. The molecule has 2 aliphatic rings. The number of carbonyl (C=O) groups excluding carboxylic acids is 1. The third-order valence-electron chi connectivity index (χ3n) is 5.29. The zero-order valence-electron chi connectivity index (χ0n) is 16.3. The van der Waals surface area contributed by atoms with Crippen molar-refractivity contribution in [3.8, 4) is 0 Å². The van der Waals surface area contributed by atoms with Gasteiger partial charge in [-0.15, -0.1) is 0 Å². The molecule has 0 radical (unpaired) electrons. The van der Waals surface area contributed by atoms with Crippen LogP contribution in [0.5, 0.6) is 0 Å². The lowest BCUT2D eigenvalue weighted by Crippen LogP contribution is -2.53. The van der Waals surface area contributed by atoms with Crippen molar-refractivity contribution in [2.75, 3.05) is 13.1 Å². The van der Waals surface area contributed by atoms with E-state index < -0.39 is 5.60 Å². The Balaban J connectivity index is 1.57. The van der Waals surface area contributed by atoms with Crippen molar-refractivity contribution in [1.82, 2.24) is 4.90 Å². The summed E-state index contributed by atoms with van der Waals surface area (Å²) in [5.74, 6) is 0.398. The first-order chi connectivity index (χ1) is 12.1. The first-order valence-corrected chi connectivity index (χ1v) is 9.92. The number of amides is 1. The number of rotatable bonds is 2. The summed E-state index contributed by atoms with van der Waals surface area (Å²) in [6.07, 6.45) is 3.86. The number of nitrogens with zero attached hydrogens (tertiary/aromatic N) is 1. The Morgan fingerprint density at radius 3 is 2.65 bits per heavy atom. The SMILES string of the molecule is CC(C)(C)OC(=O)N1CC[C@H]2O[C@](C)(Cc3ccc(Cl)cc3)CC[C@H]2C1. The Bertz CT molecular complexity index is 640. The number of halogens is 1. The third-order valence-corrected chi connectivity index (χ3v) is 5.54. The molecule has 0 aliphatic carbocycles. The van der Waals surface area contributed by atoms with E-state index in [0.717, 1.165) is 37.3 Å². The number of ether oxygens (including phenoxy) is 2. The van der Waals surface area contributed by atoms with Gasteiger partial charge in [0, 0.05) is 30.5 Å². The molecule has 0 bridgehead atoms. The number of hydrogen-bond donors (Lipinski definition) is 0. The van der Waals surface area contributed by atoms with Gasteiger partial charge >= 0.3 is 6.09 Å². The molecule has 2 heterocycles. The molecule has 4 nitrogen and oxygen atoms in total. The third kappa shape index (κ3) is 4.92. The molecular formula is C21H30ClNO3. The highest BCUT2D eigenvalue weighted by Gasteiger charge is 2.42. The summed E-state index contributed by atoms with van der Waals surface area (Å²) in [5, 5.41) is 0.762. The van der Waals surface area contributed by atoms with Crippen LogP contribution in [0.3, 0.4) is 0 Å². The molecule has 1 aromatic rings. The number of hydrogen-bond acceptors (Lipinski definition) is 3. The topological polar surface area (TPSA) is 38.8 Å². The lowest BCUT2D eigenvalue weighted by atomic mass is 9.80. The lowest BCUT2D eigenvalue weighted by molar-refractivity contribution is -0.161. The van der Waals surface area contributed by atoms with Crippen LogP contribution in [0.25, 0.3) is 0 Å². The summed E-state index contributed by atoms with van der Waals surface area (Å²) in [7, 11) is 0. The first kappa shape index (κ1) is 19.5. The van der Waals surface area contributed by atoms with Gasteiger partial charge in [-0.1, -0.05) is 23.7 Å².